The predicted octanol–water partition coefficient (Wildman–Crippen LogP) is 4.18. The molecule has 0 radical (unpaired) electrons. The van der Waals surface area contributed by atoms with Crippen LogP contribution in [0.1, 0.15) is 25.0 Å². The fraction of sp³-hybridized carbons (Fsp3) is 0.308. The summed E-state index contributed by atoms with van der Waals surface area (Å²) in [5.41, 5.74) is 2.55. The number of nitriles is 1. The average Bonchev–Trinajstić information content (AvgIpc) is 2.23. The number of benzene rings is 1. The van der Waals surface area contributed by atoms with Gasteiger partial charge < -0.3 is 0 Å². The summed E-state index contributed by atoms with van der Waals surface area (Å²) in [7, 11) is 0. The lowest BCUT2D eigenvalue weighted by molar-refractivity contribution is 0.617. The molecule has 0 aliphatic carbocycles. The number of rotatable bonds is 3. The zero-order valence-electron chi connectivity index (χ0n) is 9.67. The van der Waals surface area contributed by atoms with Crippen LogP contribution in [0.25, 0.3) is 0 Å². The van der Waals surface area contributed by atoms with Crippen molar-refractivity contribution in [1.82, 2.24) is 0 Å². The first kappa shape index (κ1) is 12.8. The molecule has 0 spiro atoms. The molecule has 0 bridgehead atoms. The Bertz CT molecular complexity index is 453. The zero-order valence-corrected chi connectivity index (χ0v) is 10.5. The molecule has 16 heavy (non-hydrogen) atoms. The summed E-state index contributed by atoms with van der Waals surface area (Å²) < 4.78 is 13.3. The maximum absolute atomic E-state index is 13.3. The molecule has 0 atom stereocenters. The first-order valence-corrected chi connectivity index (χ1v) is 5.98. The molecule has 0 aliphatic heterocycles. The van der Waals surface area contributed by atoms with Crippen molar-refractivity contribution in [3.63, 3.8) is 0 Å². The Labute approximate surface area is 100.0 Å². The van der Waals surface area contributed by atoms with Crippen LogP contribution in [0.4, 0.5) is 4.39 Å². The lowest BCUT2D eigenvalue weighted by Crippen LogP contribution is -1.87. The van der Waals surface area contributed by atoms with Crippen molar-refractivity contribution < 1.29 is 4.39 Å². The van der Waals surface area contributed by atoms with Crippen LogP contribution in [0.15, 0.2) is 28.7 Å². The topological polar surface area (TPSA) is 23.8 Å². The molecule has 1 nitrogen and oxygen atoms in total. The second kappa shape index (κ2) is 5.72. The van der Waals surface area contributed by atoms with Crippen LogP contribution in [0, 0.1) is 24.1 Å². The Balaban J connectivity index is 2.73. The molecule has 84 valence electrons. The molecule has 0 unspecified atom stereocenters. The molecule has 0 heterocycles. The van der Waals surface area contributed by atoms with E-state index in [1.165, 1.54) is 17.8 Å². The fourth-order valence-electron chi connectivity index (χ4n) is 1.17. The highest BCUT2D eigenvalue weighted by Crippen LogP contribution is 2.24. The van der Waals surface area contributed by atoms with E-state index in [-0.39, 0.29) is 5.82 Å². The van der Waals surface area contributed by atoms with Gasteiger partial charge in [0.25, 0.3) is 0 Å². The van der Waals surface area contributed by atoms with Gasteiger partial charge in [0.15, 0.2) is 0 Å². The summed E-state index contributed by atoms with van der Waals surface area (Å²) in [6, 6.07) is 7.33. The third kappa shape index (κ3) is 3.39. The van der Waals surface area contributed by atoms with Crippen LogP contribution in [0.5, 0.6) is 0 Å². The predicted molar refractivity (Wildman–Crippen MR) is 66.4 cm³/mol. The van der Waals surface area contributed by atoms with Gasteiger partial charge >= 0.3 is 0 Å². The standard InChI is InChI=1S/C13H14FNS/c1-9(2)13(7-15)16-8-11-5-4-10(3)12(14)6-11/h4-6H,8H2,1-3H3. The SMILES string of the molecule is CC(C)=C(C#N)SCc1ccc(C)c(F)c1. The van der Waals surface area contributed by atoms with Crippen molar-refractivity contribution in [1.29, 1.82) is 5.26 Å². The molecule has 3 heteroatoms. The average molecular weight is 235 g/mol. The molecule has 0 aromatic heterocycles. The molecule has 1 aromatic rings. The Morgan fingerprint density at radius 3 is 2.62 bits per heavy atom. The minimum Gasteiger partial charge on any atom is -0.207 e. The van der Waals surface area contributed by atoms with Crippen LogP contribution in [-0.2, 0) is 5.75 Å². The summed E-state index contributed by atoms with van der Waals surface area (Å²) in [6.07, 6.45) is 0. The van der Waals surface area contributed by atoms with Gasteiger partial charge in [0, 0.05) is 5.75 Å². The lowest BCUT2D eigenvalue weighted by Gasteiger charge is -2.03. The molecule has 0 saturated heterocycles. The first-order chi connectivity index (χ1) is 7.54. The summed E-state index contributed by atoms with van der Waals surface area (Å²) >= 11 is 1.45. The van der Waals surface area contributed by atoms with Crippen molar-refractivity contribution in [2.75, 3.05) is 0 Å². The Morgan fingerprint density at radius 1 is 1.44 bits per heavy atom. The highest BCUT2D eigenvalue weighted by Gasteiger charge is 2.03. The Hall–Kier alpha value is -1.27. The van der Waals surface area contributed by atoms with E-state index in [0.29, 0.717) is 16.2 Å². The summed E-state index contributed by atoms with van der Waals surface area (Å²) in [5.74, 6) is 0.444. The van der Waals surface area contributed by atoms with Gasteiger partial charge in [0.1, 0.15) is 11.9 Å². The number of halogens is 1. The largest absolute Gasteiger partial charge is 0.207 e. The Morgan fingerprint density at radius 2 is 2.12 bits per heavy atom. The van der Waals surface area contributed by atoms with Crippen molar-refractivity contribution in [2.45, 2.75) is 26.5 Å². The smallest absolute Gasteiger partial charge is 0.126 e. The molecule has 1 aromatic carbocycles. The second-order valence-corrected chi connectivity index (χ2v) is 4.80. The van der Waals surface area contributed by atoms with Crippen LogP contribution in [-0.4, -0.2) is 0 Å². The molecule has 0 saturated carbocycles. The van der Waals surface area contributed by atoms with E-state index in [0.717, 1.165) is 11.1 Å². The van der Waals surface area contributed by atoms with Crippen molar-refractivity contribution in [3.05, 3.63) is 45.6 Å². The maximum Gasteiger partial charge on any atom is 0.126 e. The van der Waals surface area contributed by atoms with Gasteiger partial charge in [-0.1, -0.05) is 17.7 Å². The van der Waals surface area contributed by atoms with E-state index >= 15 is 0 Å². The molecular weight excluding hydrogens is 221 g/mol. The van der Waals surface area contributed by atoms with Crippen molar-refractivity contribution in [3.8, 4) is 6.07 Å². The van der Waals surface area contributed by atoms with Crippen LogP contribution in [0.2, 0.25) is 0 Å². The third-order valence-corrected chi connectivity index (χ3v) is 3.44. The molecule has 1 rings (SSSR count). The van der Waals surface area contributed by atoms with E-state index in [9.17, 15) is 4.39 Å². The van der Waals surface area contributed by atoms with E-state index < -0.39 is 0 Å². The quantitative estimate of drug-likeness (QED) is 0.734. The van der Waals surface area contributed by atoms with Gasteiger partial charge in [-0.3, -0.25) is 0 Å². The molecule has 0 fully saturated rings. The van der Waals surface area contributed by atoms with Gasteiger partial charge in [-0.25, -0.2) is 4.39 Å². The van der Waals surface area contributed by atoms with Gasteiger partial charge in [-0.15, -0.1) is 11.8 Å². The number of allylic oxidation sites excluding steroid dienone is 2. The maximum atomic E-state index is 13.3. The summed E-state index contributed by atoms with van der Waals surface area (Å²) in [4.78, 5) is 0.709. The normalized spacial score (nSPS) is 9.69. The molecule has 0 N–H and O–H groups in total. The highest BCUT2D eigenvalue weighted by molar-refractivity contribution is 8.02. The van der Waals surface area contributed by atoms with Crippen molar-refractivity contribution >= 4 is 11.8 Å². The molecule has 0 aliphatic rings. The first-order valence-electron chi connectivity index (χ1n) is 5.00. The van der Waals surface area contributed by atoms with E-state index in [4.69, 9.17) is 5.26 Å². The molecule has 0 amide bonds. The fourth-order valence-corrected chi connectivity index (χ4v) is 2.01. The van der Waals surface area contributed by atoms with E-state index in [1.807, 2.05) is 19.9 Å². The van der Waals surface area contributed by atoms with Gasteiger partial charge in [-0.2, -0.15) is 5.26 Å². The molecular formula is C13H14FNS. The number of nitrogens with zero attached hydrogens (tertiary/aromatic N) is 1. The minimum atomic E-state index is -0.186. The summed E-state index contributed by atoms with van der Waals surface area (Å²) in [5, 5.41) is 8.87. The summed E-state index contributed by atoms with van der Waals surface area (Å²) in [6.45, 7) is 5.55. The Kier molecular flexibility index (Phi) is 4.57. The number of hydrogen-bond acceptors (Lipinski definition) is 2. The zero-order chi connectivity index (χ0) is 12.1. The number of thioether (sulfide) groups is 1. The highest BCUT2D eigenvalue weighted by atomic mass is 32.2. The van der Waals surface area contributed by atoms with E-state index in [1.54, 1.807) is 13.0 Å². The monoisotopic (exact) mass is 235 g/mol. The van der Waals surface area contributed by atoms with E-state index in [2.05, 4.69) is 6.07 Å². The van der Waals surface area contributed by atoms with Crippen LogP contribution < -0.4 is 0 Å². The lowest BCUT2D eigenvalue weighted by atomic mass is 10.2. The second-order valence-electron chi connectivity index (χ2n) is 3.81. The van der Waals surface area contributed by atoms with Crippen molar-refractivity contribution in [2.24, 2.45) is 0 Å². The van der Waals surface area contributed by atoms with Crippen LogP contribution in [0.3, 0.4) is 0 Å². The number of hydrogen-bond donors (Lipinski definition) is 0. The third-order valence-electron chi connectivity index (χ3n) is 2.18. The van der Waals surface area contributed by atoms with Gasteiger partial charge in [0.05, 0.1) is 4.91 Å². The van der Waals surface area contributed by atoms with Gasteiger partial charge in [-0.05, 0) is 38.0 Å². The van der Waals surface area contributed by atoms with Crippen LogP contribution >= 0.6 is 11.8 Å². The minimum absolute atomic E-state index is 0.186. The number of aryl methyl sites for hydroxylation is 1. The van der Waals surface area contributed by atoms with Gasteiger partial charge in [0.2, 0.25) is 0 Å².